The Hall–Kier alpha value is -2.73. The molecule has 3 heterocycles. The Bertz CT molecular complexity index is 843. The number of carbonyl (C=O) groups excluding carboxylic acids is 2. The molecular formula is C24H29N3O3. The van der Waals surface area contributed by atoms with Crippen LogP contribution in [0.3, 0.4) is 0 Å². The topological polar surface area (TPSA) is 71.5 Å². The molecule has 1 N–H and O–H groups in total. The van der Waals surface area contributed by atoms with Crippen LogP contribution in [0.5, 0.6) is 0 Å². The maximum Gasteiger partial charge on any atom is 0.255 e. The van der Waals surface area contributed by atoms with Gasteiger partial charge in [0.25, 0.3) is 5.91 Å². The number of carbonyl (C=O) groups is 2. The molecule has 0 atom stereocenters. The molecule has 1 aromatic carbocycles. The van der Waals surface area contributed by atoms with Gasteiger partial charge in [-0.05, 0) is 49.3 Å². The van der Waals surface area contributed by atoms with E-state index in [2.05, 4.69) is 10.3 Å². The number of pyridine rings is 1. The molecular weight excluding hydrogens is 378 g/mol. The fourth-order valence-corrected chi connectivity index (χ4v) is 4.54. The maximum atomic E-state index is 13.3. The molecule has 158 valence electrons. The summed E-state index contributed by atoms with van der Waals surface area (Å²) in [6.07, 6.45) is 6.50. The third-order valence-electron chi connectivity index (χ3n) is 6.47. The summed E-state index contributed by atoms with van der Waals surface area (Å²) in [5, 5.41) is 3.23. The minimum absolute atomic E-state index is 0.0378. The summed E-state index contributed by atoms with van der Waals surface area (Å²) in [6, 6.07) is 13.7. The van der Waals surface area contributed by atoms with E-state index in [0.717, 1.165) is 18.4 Å². The molecule has 4 rings (SSSR count). The molecule has 2 saturated heterocycles. The summed E-state index contributed by atoms with van der Waals surface area (Å²) in [7, 11) is 0. The Morgan fingerprint density at radius 1 is 1.07 bits per heavy atom. The van der Waals surface area contributed by atoms with E-state index >= 15 is 0 Å². The summed E-state index contributed by atoms with van der Waals surface area (Å²) in [5.41, 5.74) is 1.20. The smallest absolute Gasteiger partial charge is 0.255 e. The van der Waals surface area contributed by atoms with Crippen LogP contribution in [0.2, 0.25) is 0 Å². The van der Waals surface area contributed by atoms with Gasteiger partial charge in [-0.1, -0.05) is 30.3 Å². The number of nitrogens with one attached hydrogen (secondary N) is 1. The summed E-state index contributed by atoms with van der Waals surface area (Å²) < 4.78 is 5.54. The predicted octanol–water partition coefficient (Wildman–Crippen LogP) is 2.80. The van der Waals surface area contributed by atoms with Gasteiger partial charge in [0.2, 0.25) is 5.91 Å². The second-order valence-corrected chi connectivity index (χ2v) is 8.25. The molecule has 1 aromatic heterocycles. The largest absolute Gasteiger partial charge is 0.381 e. The standard InChI is InChI=1S/C24H29N3O3/c28-22(20-5-4-12-25-18-20)27-13-8-19(9-14-27)17-26-23(29)24(10-15-30-16-11-24)21-6-2-1-3-7-21/h1-7,12,18-19H,8-11,13-17H2,(H,26,29). The molecule has 0 bridgehead atoms. The van der Waals surface area contributed by atoms with Gasteiger partial charge in [-0.15, -0.1) is 0 Å². The lowest BCUT2D eigenvalue weighted by molar-refractivity contribution is -0.130. The van der Waals surface area contributed by atoms with Gasteiger partial charge in [0.15, 0.2) is 0 Å². The second kappa shape index (κ2) is 9.39. The summed E-state index contributed by atoms with van der Waals surface area (Å²) in [4.78, 5) is 31.8. The van der Waals surface area contributed by atoms with Gasteiger partial charge in [0.05, 0.1) is 11.0 Å². The highest BCUT2D eigenvalue weighted by molar-refractivity contribution is 5.94. The number of hydrogen-bond acceptors (Lipinski definition) is 4. The zero-order valence-corrected chi connectivity index (χ0v) is 17.3. The molecule has 2 aliphatic rings. The van der Waals surface area contributed by atoms with E-state index in [4.69, 9.17) is 4.74 Å². The predicted molar refractivity (Wildman–Crippen MR) is 114 cm³/mol. The van der Waals surface area contributed by atoms with Crippen molar-refractivity contribution in [2.24, 2.45) is 5.92 Å². The molecule has 0 spiro atoms. The van der Waals surface area contributed by atoms with Crippen molar-refractivity contribution in [2.75, 3.05) is 32.8 Å². The number of rotatable bonds is 5. The first kappa shape index (κ1) is 20.5. The van der Waals surface area contributed by atoms with Crippen molar-refractivity contribution in [3.8, 4) is 0 Å². The Morgan fingerprint density at radius 3 is 2.47 bits per heavy atom. The van der Waals surface area contributed by atoms with Crippen LogP contribution < -0.4 is 5.32 Å². The zero-order chi connectivity index (χ0) is 20.8. The molecule has 0 aliphatic carbocycles. The van der Waals surface area contributed by atoms with Crippen molar-refractivity contribution in [2.45, 2.75) is 31.1 Å². The monoisotopic (exact) mass is 407 g/mol. The van der Waals surface area contributed by atoms with Gasteiger partial charge >= 0.3 is 0 Å². The number of amides is 2. The fourth-order valence-electron chi connectivity index (χ4n) is 4.54. The van der Waals surface area contributed by atoms with Crippen LogP contribution in [0.4, 0.5) is 0 Å². The van der Waals surface area contributed by atoms with Gasteiger partial charge in [-0.3, -0.25) is 14.6 Å². The lowest BCUT2D eigenvalue weighted by atomic mass is 9.73. The minimum atomic E-state index is -0.503. The number of aromatic nitrogens is 1. The number of likely N-dealkylation sites (tertiary alicyclic amines) is 1. The first-order chi connectivity index (χ1) is 14.7. The van der Waals surface area contributed by atoms with Gasteiger partial charge in [0.1, 0.15) is 0 Å². The van der Waals surface area contributed by atoms with Crippen LogP contribution in [0, 0.1) is 5.92 Å². The van der Waals surface area contributed by atoms with E-state index in [0.29, 0.717) is 57.2 Å². The Labute approximate surface area is 177 Å². The van der Waals surface area contributed by atoms with Crippen molar-refractivity contribution in [3.05, 3.63) is 66.0 Å². The molecule has 2 amide bonds. The van der Waals surface area contributed by atoms with Crippen molar-refractivity contribution >= 4 is 11.8 Å². The lowest BCUT2D eigenvalue weighted by Gasteiger charge is -2.37. The molecule has 0 unspecified atom stereocenters. The third kappa shape index (κ3) is 4.38. The minimum Gasteiger partial charge on any atom is -0.381 e. The highest BCUT2D eigenvalue weighted by Crippen LogP contribution is 2.35. The molecule has 6 heteroatoms. The average molecular weight is 408 g/mol. The highest BCUT2D eigenvalue weighted by atomic mass is 16.5. The van der Waals surface area contributed by atoms with E-state index in [-0.39, 0.29) is 11.8 Å². The van der Waals surface area contributed by atoms with E-state index in [1.54, 1.807) is 24.5 Å². The van der Waals surface area contributed by atoms with Gasteiger partial charge in [-0.25, -0.2) is 0 Å². The lowest BCUT2D eigenvalue weighted by Crippen LogP contribution is -2.50. The van der Waals surface area contributed by atoms with E-state index in [1.165, 1.54) is 0 Å². The van der Waals surface area contributed by atoms with E-state index in [9.17, 15) is 9.59 Å². The van der Waals surface area contributed by atoms with Crippen molar-refractivity contribution in [1.82, 2.24) is 15.2 Å². The van der Waals surface area contributed by atoms with Gasteiger partial charge in [0, 0.05) is 45.2 Å². The average Bonchev–Trinajstić information content (AvgIpc) is 2.84. The molecule has 2 aromatic rings. The van der Waals surface area contributed by atoms with Crippen LogP contribution in [0.25, 0.3) is 0 Å². The number of nitrogens with zero attached hydrogens (tertiary/aromatic N) is 2. The van der Waals surface area contributed by atoms with Crippen LogP contribution in [0.1, 0.15) is 41.6 Å². The van der Waals surface area contributed by atoms with E-state index in [1.807, 2.05) is 35.2 Å². The quantitative estimate of drug-likeness (QED) is 0.827. The number of hydrogen-bond donors (Lipinski definition) is 1. The van der Waals surface area contributed by atoms with Crippen LogP contribution in [-0.2, 0) is 14.9 Å². The van der Waals surface area contributed by atoms with Crippen molar-refractivity contribution < 1.29 is 14.3 Å². The normalized spacial score (nSPS) is 19.3. The Balaban J connectivity index is 1.32. The van der Waals surface area contributed by atoms with Gasteiger partial charge in [-0.2, -0.15) is 0 Å². The second-order valence-electron chi connectivity index (χ2n) is 8.25. The van der Waals surface area contributed by atoms with Crippen LogP contribution >= 0.6 is 0 Å². The number of ether oxygens (including phenoxy) is 1. The SMILES string of the molecule is O=C(c1cccnc1)N1CCC(CNC(=O)C2(c3ccccc3)CCOCC2)CC1. The zero-order valence-electron chi connectivity index (χ0n) is 17.3. The van der Waals surface area contributed by atoms with Crippen molar-refractivity contribution in [3.63, 3.8) is 0 Å². The van der Waals surface area contributed by atoms with Crippen LogP contribution in [0.15, 0.2) is 54.9 Å². The molecule has 6 nitrogen and oxygen atoms in total. The summed E-state index contributed by atoms with van der Waals surface area (Å²) in [6.45, 7) is 3.30. The number of piperidine rings is 1. The van der Waals surface area contributed by atoms with Gasteiger partial charge < -0.3 is 15.0 Å². The Morgan fingerprint density at radius 2 is 1.80 bits per heavy atom. The highest BCUT2D eigenvalue weighted by Gasteiger charge is 2.41. The molecule has 0 saturated carbocycles. The van der Waals surface area contributed by atoms with Crippen LogP contribution in [-0.4, -0.2) is 54.5 Å². The fraction of sp³-hybridized carbons (Fsp3) is 0.458. The molecule has 2 aliphatic heterocycles. The summed E-state index contributed by atoms with van der Waals surface area (Å²) >= 11 is 0. The third-order valence-corrected chi connectivity index (χ3v) is 6.47. The number of benzene rings is 1. The molecule has 2 fully saturated rings. The maximum absolute atomic E-state index is 13.3. The van der Waals surface area contributed by atoms with E-state index < -0.39 is 5.41 Å². The Kier molecular flexibility index (Phi) is 6.43. The molecule has 0 radical (unpaired) electrons. The van der Waals surface area contributed by atoms with Crippen molar-refractivity contribution in [1.29, 1.82) is 0 Å². The first-order valence-electron chi connectivity index (χ1n) is 10.8. The summed E-state index contributed by atoms with van der Waals surface area (Å²) in [5.74, 6) is 0.529. The first-order valence-corrected chi connectivity index (χ1v) is 10.8. The molecule has 30 heavy (non-hydrogen) atoms.